The maximum Gasteiger partial charge on any atom is 0.267 e. The summed E-state index contributed by atoms with van der Waals surface area (Å²) in [4.78, 5) is 22.6. The zero-order valence-corrected chi connectivity index (χ0v) is 14.9. The molecule has 3 aromatic rings. The van der Waals surface area contributed by atoms with Gasteiger partial charge in [-0.05, 0) is 48.5 Å². The number of rotatable bonds is 5. The molecule has 2 heterocycles. The Morgan fingerprint density at radius 3 is 2.18 bits per heavy atom. The first-order chi connectivity index (χ1) is 13.6. The average Bonchev–Trinajstić information content (AvgIpc) is 3.25. The third kappa shape index (κ3) is 3.83. The van der Waals surface area contributed by atoms with E-state index < -0.39 is 5.91 Å². The van der Waals surface area contributed by atoms with Gasteiger partial charge in [0, 0.05) is 24.7 Å². The second-order valence-electron chi connectivity index (χ2n) is 6.26. The molecule has 0 atom stereocenters. The van der Waals surface area contributed by atoms with Crippen LogP contribution in [0.15, 0.2) is 66.7 Å². The van der Waals surface area contributed by atoms with Crippen LogP contribution in [0.1, 0.15) is 10.5 Å². The van der Waals surface area contributed by atoms with Crippen molar-refractivity contribution < 1.29 is 13.9 Å². The van der Waals surface area contributed by atoms with Gasteiger partial charge < -0.3 is 15.4 Å². The molecule has 2 aromatic carbocycles. The Morgan fingerprint density at radius 1 is 0.964 bits per heavy atom. The molecule has 28 heavy (non-hydrogen) atoms. The Hall–Kier alpha value is -3.74. The number of amides is 1. The minimum atomic E-state index is -0.603. The molecule has 0 bridgehead atoms. The first-order valence-corrected chi connectivity index (χ1v) is 8.71. The monoisotopic (exact) mass is 376 g/mol. The summed E-state index contributed by atoms with van der Waals surface area (Å²) in [7, 11) is 0. The molecule has 2 N–H and O–H groups in total. The van der Waals surface area contributed by atoms with Crippen molar-refractivity contribution in [2.45, 2.75) is 0 Å². The summed E-state index contributed by atoms with van der Waals surface area (Å²) in [5.41, 5.74) is 6.33. The molecule has 140 valence electrons. The number of benzene rings is 2. The molecule has 0 spiro atoms. The van der Waals surface area contributed by atoms with Gasteiger partial charge in [0.05, 0.1) is 0 Å². The molecule has 6 nitrogen and oxygen atoms in total. The third-order valence-corrected chi connectivity index (χ3v) is 4.27. The van der Waals surface area contributed by atoms with Crippen molar-refractivity contribution in [1.29, 1.82) is 0 Å². The summed E-state index contributed by atoms with van der Waals surface area (Å²) >= 11 is 0. The van der Waals surface area contributed by atoms with Crippen LogP contribution < -0.4 is 15.4 Å². The lowest BCUT2D eigenvalue weighted by Crippen LogP contribution is -2.22. The second-order valence-corrected chi connectivity index (χ2v) is 6.26. The number of hydrogen-bond acceptors (Lipinski definition) is 5. The standard InChI is InChI=1S/C21H17FN4O2/c22-15-5-9-17(10-6-15)28-16-7-3-14(4-8-16)21-24-18(20(23)27)13-19(25-21)26-11-1-2-12-26/h1-10,13H,11-12H2,(H2,23,27). The predicted octanol–water partition coefficient (Wildman–Crippen LogP) is 3.55. The van der Waals surface area contributed by atoms with Crippen LogP contribution in [-0.4, -0.2) is 29.0 Å². The Morgan fingerprint density at radius 2 is 1.57 bits per heavy atom. The second kappa shape index (κ2) is 7.48. The predicted molar refractivity (Wildman–Crippen MR) is 104 cm³/mol. The van der Waals surface area contributed by atoms with Gasteiger partial charge in [0.2, 0.25) is 0 Å². The highest BCUT2D eigenvalue weighted by Gasteiger charge is 2.16. The van der Waals surface area contributed by atoms with Gasteiger partial charge in [-0.1, -0.05) is 12.2 Å². The number of aromatic nitrogens is 2. The van der Waals surface area contributed by atoms with E-state index in [1.165, 1.54) is 12.1 Å². The average molecular weight is 376 g/mol. The normalized spacial score (nSPS) is 13.0. The number of halogens is 1. The SMILES string of the molecule is NC(=O)c1cc(N2CC=CC2)nc(-c2ccc(Oc3ccc(F)cc3)cc2)n1. The Bertz CT molecular complexity index is 1030. The third-order valence-electron chi connectivity index (χ3n) is 4.27. The highest BCUT2D eigenvalue weighted by atomic mass is 19.1. The Balaban J connectivity index is 1.61. The summed E-state index contributed by atoms with van der Waals surface area (Å²) in [6.45, 7) is 1.44. The molecule has 4 rings (SSSR count). The van der Waals surface area contributed by atoms with Crippen LogP contribution in [0.3, 0.4) is 0 Å². The van der Waals surface area contributed by atoms with E-state index in [4.69, 9.17) is 10.5 Å². The maximum atomic E-state index is 13.0. The number of anilines is 1. The summed E-state index contributed by atoms with van der Waals surface area (Å²) in [6.07, 6.45) is 4.07. The summed E-state index contributed by atoms with van der Waals surface area (Å²) < 4.78 is 18.7. The quantitative estimate of drug-likeness (QED) is 0.689. The maximum absolute atomic E-state index is 13.0. The van der Waals surface area contributed by atoms with E-state index in [0.717, 1.165) is 18.7 Å². The van der Waals surface area contributed by atoms with Crippen LogP contribution in [0, 0.1) is 5.82 Å². The van der Waals surface area contributed by atoms with Crippen LogP contribution in [0.4, 0.5) is 10.2 Å². The van der Waals surface area contributed by atoms with Gasteiger partial charge >= 0.3 is 0 Å². The van der Waals surface area contributed by atoms with Crippen LogP contribution in [0.2, 0.25) is 0 Å². The number of hydrogen-bond donors (Lipinski definition) is 1. The molecule has 0 fully saturated rings. The molecule has 0 radical (unpaired) electrons. The van der Waals surface area contributed by atoms with Crippen LogP contribution in [-0.2, 0) is 0 Å². The highest BCUT2D eigenvalue weighted by Crippen LogP contribution is 2.26. The van der Waals surface area contributed by atoms with Gasteiger partial charge in [-0.3, -0.25) is 4.79 Å². The number of primary amides is 1. The zero-order valence-electron chi connectivity index (χ0n) is 14.9. The molecule has 1 aromatic heterocycles. The van der Waals surface area contributed by atoms with Crippen LogP contribution in [0.25, 0.3) is 11.4 Å². The zero-order chi connectivity index (χ0) is 19.5. The molecule has 0 unspecified atom stereocenters. The summed E-state index contributed by atoms with van der Waals surface area (Å²) in [6, 6.07) is 14.5. The molecule has 1 aliphatic heterocycles. The van der Waals surface area contributed by atoms with E-state index in [2.05, 4.69) is 9.97 Å². The van der Waals surface area contributed by atoms with Crippen LogP contribution in [0.5, 0.6) is 11.5 Å². The molecule has 0 saturated heterocycles. The fourth-order valence-corrected chi connectivity index (χ4v) is 2.83. The number of nitrogens with zero attached hydrogens (tertiary/aromatic N) is 3. The Labute approximate surface area is 161 Å². The van der Waals surface area contributed by atoms with Gasteiger partial charge in [-0.25, -0.2) is 14.4 Å². The van der Waals surface area contributed by atoms with Crippen molar-refractivity contribution in [2.75, 3.05) is 18.0 Å². The molecule has 0 aliphatic carbocycles. The van der Waals surface area contributed by atoms with Crippen molar-refractivity contribution in [3.05, 3.63) is 78.3 Å². The summed E-state index contributed by atoms with van der Waals surface area (Å²) in [5.74, 6) is 1.25. The van der Waals surface area contributed by atoms with E-state index in [-0.39, 0.29) is 11.5 Å². The van der Waals surface area contributed by atoms with E-state index in [0.29, 0.717) is 23.1 Å². The highest BCUT2D eigenvalue weighted by molar-refractivity contribution is 5.92. The van der Waals surface area contributed by atoms with Crippen molar-refractivity contribution in [1.82, 2.24) is 9.97 Å². The van der Waals surface area contributed by atoms with E-state index >= 15 is 0 Å². The first kappa shape index (κ1) is 17.7. The van der Waals surface area contributed by atoms with E-state index in [1.54, 1.807) is 42.5 Å². The fourth-order valence-electron chi connectivity index (χ4n) is 2.83. The number of ether oxygens (including phenoxy) is 1. The van der Waals surface area contributed by atoms with Gasteiger partial charge in [0.15, 0.2) is 5.82 Å². The van der Waals surface area contributed by atoms with E-state index in [9.17, 15) is 9.18 Å². The molecular formula is C21H17FN4O2. The van der Waals surface area contributed by atoms with Crippen molar-refractivity contribution in [3.63, 3.8) is 0 Å². The molecule has 1 amide bonds. The summed E-state index contributed by atoms with van der Waals surface area (Å²) in [5, 5.41) is 0. The van der Waals surface area contributed by atoms with Crippen LogP contribution >= 0.6 is 0 Å². The van der Waals surface area contributed by atoms with Crippen molar-refractivity contribution in [3.8, 4) is 22.9 Å². The van der Waals surface area contributed by atoms with E-state index in [1.807, 2.05) is 17.1 Å². The lowest BCUT2D eigenvalue weighted by molar-refractivity contribution is 0.0995. The van der Waals surface area contributed by atoms with Gasteiger partial charge in [-0.15, -0.1) is 0 Å². The smallest absolute Gasteiger partial charge is 0.267 e. The topological polar surface area (TPSA) is 81.3 Å². The molecular weight excluding hydrogens is 359 g/mol. The van der Waals surface area contributed by atoms with Crippen molar-refractivity contribution in [2.24, 2.45) is 5.73 Å². The first-order valence-electron chi connectivity index (χ1n) is 8.71. The number of carbonyl (C=O) groups excluding carboxylic acids is 1. The van der Waals surface area contributed by atoms with Gasteiger partial charge in [0.1, 0.15) is 28.8 Å². The fraction of sp³-hybridized carbons (Fsp3) is 0.0952. The van der Waals surface area contributed by atoms with Gasteiger partial charge in [0.25, 0.3) is 5.91 Å². The lowest BCUT2D eigenvalue weighted by atomic mass is 10.2. The minimum absolute atomic E-state index is 0.165. The minimum Gasteiger partial charge on any atom is -0.457 e. The lowest BCUT2D eigenvalue weighted by Gasteiger charge is -2.17. The molecule has 0 saturated carbocycles. The van der Waals surface area contributed by atoms with Crippen molar-refractivity contribution >= 4 is 11.7 Å². The van der Waals surface area contributed by atoms with Gasteiger partial charge in [-0.2, -0.15) is 0 Å². The number of carbonyl (C=O) groups is 1. The Kier molecular flexibility index (Phi) is 4.72. The largest absolute Gasteiger partial charge is 0.457 e. The molecule has 7 heteroatoms. The number of nitrogens with two attached hydrogens (primary N) is 1. The molecule has 1 aliphatic rings.